The first kappa shape index (κ1) is 25.9. The average Bonchev–Trinajstić information content (AvgIpc) is 2.79. The maximum absolute atomic E-state index is 12.2. The topological polar surface area (TPSA) is 78.9 Å². The Bertz CT molecular complexity index is 1040. The highest BCUT2D eigenvalue weighted by Crippen LogP contribution is 2.12. The molecule has 0 spiro atoms. The predicted octanol–water partition coefficient (Wildman–Crippen LogP) is 5.29. The summed E-state index contributed by atoms with van der Waals surface area (Å²) in [5.41, 5.74) is 1.67. The van der Waals surface area contributed by atoms with Crippen molar-refractivity contribution >= 4 is 53.3 Å². The van der Waals surface area contributed by atoms with Crippen LogP contribution in [0.1, 0.15) is 18.1 Å². The van der Waals surface area contributed by atoms with Crippen LogP contribution in [-0.2, 0) is 28.6 Å². The minimum absolute atomic E-state index is 0.186. The van der Waals surface area contributed by atoms with Crippen molar-refractivity contribution in [3.8, 4) is 0 Å². The van der Waals surface area contributed by atoms with Crippen molar-refractivity contribution in [2.75, 3.05) is 13.2 Å². The van der Waals surface area contributed by atoms with E-state index in [1.54, 1.807) is 54.6 Å². The maximum Gasteiger partial charge on any atom is 0.333 e. The highest BCUT2D eigenvalue weighted by molar-refractivity contribution is 6.30. The number of benzene rings is 2. The van der Waals surface area contributed by atoms with Crippen molar-refractivity contribution in [2.24, 2.45) is 0 Å². The van der Waals surface area contributed by atoms with Gasteiger partial charge in [0, 0.05) is 27.8 Å². The third-order valence-electron chi connectivity index (χ3n) is 4.01. The van der Waals surface area contributed by atoms with E-state index in [0.29, 0.717) is 10.0 Å². The van der Waals surface area contributed by atoms with Gasteiger partial charge in [-0.25, -0.2) is 14.4 Å². The van der Waals surface area contributed by atoms with Crippen molar-refractivity contribution in [3.63, 3.8) is 0 Å². The van der Waals surface area contributed by atoms with Gasteiger partial charge in [0.25, 0.3) is 0 Å². The summed E-state index contributed by atoms with van der Waals surface area (Å²) in [4.78, 5) is 35.9. The summed E-state index contributed by atoms with van der Waals surface area (Å²) >= 11 is 11.7. The number of halogens is 2. The van der Waals surface area contributed by atoms with Gasteiger partial charge in [-0.1, -0.05) is 54.0 Å². The molecule has 0 saturated carbocycles. The SMILES string of the molecule is C=C(C)C(=O)OCC(COC(=O)/C=C/c1ccc(Cl)cc1)OC(=O)/C=C/c1ccc(Cl)cc1. The van der Waals surface area contributed by atoms with Crippen LogP contribution < -0.4 is 0 Å². The second-order valence-corrected chi connectivity index (χ2v) is 7.71. The van der Waals surface area contributed by atoms with Crippen molar-refractivity contribution in [1.29, 1.82) is 0 Å². The second-order valence-electron chi connectivity index (χ2n) is 6.84. The molecule has 0 bridgehead atoms. The molecule has 2 aromatic rings. The van der Waals surface area contributed by atoms with Crippen molar-refractivity contribution in [2.45, 2.75) is 13.0 Å². The third-order valence-corrected chi connectivity index (χ3v) is 4.51. The van der Waals surface area contributed by atoms with Crippen LogP contribution in [0.4, 0.5) is 0 Å². The van der Waals surface area contributed by atoms with E-state index >= 15 is 0 Å². The molecule has 0 heterocycles. The molecule has 1 atom stereocenters. The van der Waals surface area contributed by atoms with Crippen LogP contribution in [0.3, 0.4) is 0 Å². The third kappa shape index (κ3) is 10.2. The van der Waals surface area contributed by atoms with Crippen LogP contribution in [0, 0.1) is 0 Å². The van der Waals surface area contributed by atoms with Gasteiger partial charge in [-0.15, -0.1) is 0 Å². The Kier molecular flexibility index (Phi) is 10.4. The van der Waals surface area contributed by atoms with E-state index in [1.807, 2.05) is 0 Å². The van der Waals surface area contributed by atoms with Gasteiger partial charge in [0.05, 0.1) is 0 Å². The van der Waals surface area contributed by atoms with Crippen LogP contribution >= 0.6 is 23.2 Å². The summed E-state index contributed by atoms with van der Waals surface area (Å²) in [6.45, 7) is 4.36. The van der Waals surface area contributed by atoms with E-state index in [0.717, 1.165) is 11.1 Å². The molecule has 1 unspecified atom stereocenters. The van der Waals surface area contributed by atoms with E-state index in [9.17, 15) is 14.4 Å². The molecule has 2 aromatic carbocycles. The second kappa shape index (κ2) is 13.3. The fourth-order valence-corrected chi connectivity index (χ4v) is 2.56. The van der Waals surface area contributed by atoms with E-state index in [4.69, 9.17) is 37.4 Å². The summed E-state index contributed by atoms with van der Waals surface area (Å²) in [7, 11) is 0. The number of hydrogen-bond acceptors (Lipinski definition) is 6. The Labute approximate surface area is 202 Å². The zero-order valence-electron chi connectivity index (χ0n) is 17.8. The van der Waals surface area contributed by atoms with Gasteiger partial charge in [0.15, 0.2) is 6.10 Å². The van der Waals surface area contributed by atoms with Gasteiger partial charge in [-0.2, -0.15) is 0 Å². The fourth-order valence-electron chi connectivity index (χ4n) is 2.31. The first-order valence-corrected chi connectivity index (χ1v) is 10.6. The van der Waals surface area contributed by atoms with Gasteiger partial charge in [0.1, 0.15) is 13.2 Å². The fraction of sp³-hybridized carbons (Fsp3) is 0.160. The van der Waals surface area contributed by atoms with Crippen LogP contribution in [-0.4, -0.2) is 37.2 Å². The number of carbonyl (C=O) groups excluding carboxylic acids is 3. The van der Waals surface area contributed by atoms with Crippen LogP contribution in [0.5, 0.6) is 0 Å². The van der Waals surface area contributed by atoms with E-state index in [2.05, 4.69) is 6.58 Å². The molecule has 0 N–H and O–H groups in total. The maximum atomic E-state index is 12.2. The highest BCUT2D eigenvalue weighted by Gasteiger charge is 2.18. The average molecular weight is 489 g/mol. The van der Waals surface area contributed by atoms with Crippen molar-refractivity contribution in [1.82, 2.24) is 0 Å². The van der Waals surface area contributed by atoms with E-state index < -0.39 is 24.0 Å². The van der Waals surface area contributed by atoms with Gasteiger partial charge in [-0.3, -0.25) is 0 Å². The molecule has 0 aromatic heterocycles. The first-order valence-electron chi connectivity index (χ1n) is 9.80. The molecule has 0 aliphatic heterocycles. The number of ether oxygens (including phenoxy) is 3. The molecule has 33 heavy (non-hydrogen) atoms. The molecular formula is C25H22Cl2O6. The summed E-state index contributed by atoms with van der Waals surface area (Å²) in [5, 5.41) is 1.15. The molecule has 0 aliphatic carbocycles. The van der Waals surface area contributed by atoms with Gasteiger partial charge >= 0.3 is 17.9 Å². The summed E-state index contributed by atoms with van der Waals surface area (Å²) in [6.07, 6.45) is 4.51. The van der Waals surface area contributed by atoms with Crippen LogP contribution in [0.2, 0.25) is 10.0 Å². The Balaban J connectivity index is 1.95. The van der Waals surface area contributed by atoms with Gasteiger partial charge in [-0.05, 0) is 54.5 Å². The molecule has 0 fully saturated rings. The zero-order valence-corrected chi connectivity index (χ0v) is 19.3. The molecule has 172 valence electrons. The number of hydrogen-bond donors (Lipinski definition) is 0. The molecular weight excluding hydrogens is 467 g/mol. The molecule has 8 heteroatoms. The number of esters is 3. The van der Waals surface area contributed by atoms with Gasteiger partial charge < -0.3 is 14.2 Å². The first-order chi connectivity index (χ1) is 15.7. The molecule has 2 rings (SSSR count). The quantitative estimate of drug-likeness (QED) is 0.256. The molecule has 0 radical (unpaired) electrons. The normalized spacial score (nSPS) is 11.8. The molecule has 6 nitrogen and oxygen atoms in total. The lowest BCUT2D eigenvalue weighted by Gasteiger charge is -2.17. The molecule has 0 aliphatic rings. The lowest BCUT2D eigenvalue weighted by molar-refractivity contribution is -0.160. The monoisotopic (exact) mass is 488 g/mol. The Morgan fingerprint density at radius 2 is 1.27 bits per heavy atom. The smallest absolute Gasteiger partial charge is 0.333 e. The van der Waals surface area contributed by atoms with Crippen LogP contribution in [0.25, 0.3) is 12.2 Å². The lowest BCUT2D eigenvalue weighted by Crippen LogP contribution is -2.30. The summed E-state index contributed by atoms with van der Waals surface area (Å²) in [5.74, 6) is -2.01. The molecule has 0 amide bonds. The van der Waals surface area contributed by atoms with E-state index in [1.165, 1.54) is 25.2 Å². The highest BCUT2D eigenvalue weighted by atomic mass is 35.5. The Hall–Kier alpha value is -3.35. The summed E-state index contributed by atoms with van der Waals surface area (Å²) in [6, 6.07) is 13.7. The minimum atomic E-state index is -1.01. The predicted molar refractivity (Wildman–Crippen MR) is 128 cm³/mol. The lowest BCUT2D eigenvalue weighted by atomic mass is 10.2. The standard InChI is InChI=1S/C25H22Cl2O6/c1-17(2)25(30)32-16-22(33-24(29)14-8-19-5-11-21(27)12-6-19)15-31-23(28)13-7-18-3-9-20(26)10-4-18/h3-14,22H,1,15-16H2,2H3/b13-7+,14-8+. The van der Waals surface area contributed by atoms with Crippen molar-refractivity contribution in [3.05, 3.63) is 94.0 Å². The largest absolute Gasteiger partial charge is 0.458 e. The van der Waals surface area contributed by atoms with Crippen LogP contribution in [0.15, 0.2) is 72.8 Å². The number of carbonyl (C=O) groups is 3. The van der Waals surface area contributed by atoms with E-state index in [-0.39, 0.29) is 18.8 Å². The Morgan fingerprint density at radius 1 is 0.818 bits per heavy atom. The zero-order chi connectivity index (χ0) is 24.2. The minimum Gasteiger partial charge on any atom is -0.458 e. The Morgan fingerprint density at radius 3 is 1.76 bits per heavy atom. The van der Waals surface area contributed by atoms with Crippen molar-refractivity contribution < 1.29 is 28.6 Å². The summed E-state index contributed by atoms with van der Waals surface area (Å²) < 4.78 is 15.5. The number of rotatable bonds is 10. The van der Waals surface area contributed by atoms with Gasteiger partial charge in [0.2, 0.25) is 0 Å². The molecule has 0 saturated heterocycles.